The molecule has 0 aliphatic carbocycles. The highest BCUT2D eigenvalue weighted by atomic mass is 15.1. The smallest absolute Gasteiger partial charge is 0.0601 e. The molecule has 1 heterocycles. The maximum absolute atomic E-state index is 5.68. The van der Waals surface area contributed by atoms with E-state index in [2.05, 4.69) is 47.1 Å². The van der Waals surface area contributed by atoms with E-state index in [-0.39, 0.29) is 0 Å². The summed E-state index contributed by atoms with van der Waals surface area (Å²) in [6.07, 6.45) is 1.83. The van der Waals surface area contributed by atoms with Crippen molar-refractivity contribution >= 4 is 5.69 Å². The highest BCUT2D eigenvalue weighted by Gasteiger charge is 2.06. The summed E-state index contributed by atoms with van der Waals surface area (Å²) < 4.78 is 0. The molecule has 0 aliphatic rings. The molecule has 2 N–H and O–H groups in total. The Balaban J connectivity index is 2.17. The Bertz CT molecular complexity index is 482. The van der Waals surface area contributed by atoms with Gasteiger partial charge in [0.2, 0.25) is 0 Å². The minimum absolute atomic E-state index is 0.578. The van der Waals surface area contributed by atoms with Crippen LogP contribution in [0.15, 0.2) is 48.7 Å². The topological polar surface area (TPSA) is 42.2 Å². The van der Waals surface area contributed by atoms with Crippen molar-refractivity contribution in [1.82, 2.24) is 4.98 Å². The molecule has 0 radical (unpaired) electrons. The fourth-order valence-corrected chi connectivity index (χ4v) is 1.95. The zero-order valence-corrected chi connectivity index (χ0v) is 10.7. The second-order valence-electron chi connectivity index (χ2n) is 4.21. The van der Waals surface area contributed by atoms with Gasteiger partial charge in [-0.3, -0.25) is 4.98 Å². The molecule has 0 spiro atoms. The number of rotatable bonds is 5. The van der Waals surface area contributed by atoms with Gasteiger partial charge in [-0.15, -0.1) is 0 Å². The Kier molecular flexibility index (Phi) is 4.31. The first-order valence-electron chi connectivity index (χ1n) is 6.27. The van der Waals surface area contributed by atoms with E-state index >= 15 is 0 Å². The van der Waals surface area contributed by atoms with Crippen LogP contribution in [0.5, 0.6) is 0 Å². The third kappa shape index (κ3) is 3.08. The van der Waals surface area contributed by atoms with Crippen LogP contribution >= 0.6 is 0 Å². The number of nitrogens with zero attached hydrogens (tertiary/aromatic N) is 2. The van der Waals surface area contributed by atoms with E-state index in [1.54, 1.807) is 0 Å². The van der Waals surface area contributed by atoms with Crippen molar-refractivity contribution in [2.75, 3.05) is 11.4 Å². The number of aromatic nitrogens is 1. The summed E-state index contributed by atoms with van der Waals surface area (Å²) in [7, 11) is 0. The quantitative estimate of drug-likeness (QED) is 0.874. The lowest BCUT2D eigenvalue weighted by Gasteiger charge is -2.23. The molecule has 0 fully saturated rings. The summed E-state index contributed by atoms with van der Waals surface area (Å²) in [6, 6.07) is 14.4. The summed E-state index contributed by atoms with van der Waals surface area (Å²) in [5.41, 5.74) is 9.12. The van der Waals surface area contributed by atoms with Crippen LogP contribution in [-0.4, -0.2) is 11.5 Å². The van der Waals surface area contributed by atoms with Crippen LogP contribution in [0.4, 0.5) is 5.69 Å². The molecule has 2 rings (SSSR count). The summed E-state index contributed by atoms with van der Waals surface area (Å²) >= 11 is 0. The molecular formula is C15H19N3. The predicted molar refractivity (Wildman–Crippen MR) is 75.3 cm³/mol. The molecule has 0 atom stereocenters. The van der Waals surface area contributed by atoms with Crippen molar-refractivity contribution in [3.8, 4) is 0 Å². The van der Waals surface area contributed by atoms with Gasteiger partial charge in [-0.05, 0) is 36.8 Å². The fourth-order valence-electron chi connectivity index (χ4n) is 1.95. The van der Waals surface area contributed by atoms with Gasteiger partial charge in [-0.1, -0.05) is 18.2 Å². The number of nitrogens with two attached hydrogens (primary N) is 1. The van der Waals surface area contributed by atoms with Crippen LogP contribution in [0.25, 0.3) is 0 Å². The van der Waals surface area contributed by atoms with Crippen molar-refractivity contribution in [3.63, 3.8) is 0 Å². The molecule has 0 unspecified atom stereocenters. The molecule has 18 heavy (non-hydrogen) atoms. The Hall–Kier alpha value is -1.87. The molecule has 3 heteroatoms. The highest BCUT2D eigenvalue weighted by molar-refractivity contribution is 5.48. The largest absolute Gasteiger partial charge is 0.366 e. The normalized spacial score (nSPS) is 10.3. The summed E-state index contributed by atoms with van der Waals surface area (Å²) in [6.45, 7) is 4.50. The van der Waals surface area contributed by atoms with Gasteiger partial charge in [0.25, 0.3) is 0 Å². The Morgan fingerprint density at radius 1 is 1.17 bits per heavy atom. The number of hydrogen-bond acceptors (Lipinski definition) is 3. The van der Waals surface area contributed by atoms with E-state index in [0.717, 1.165) is 24.3 Å². The number of benzene rings is 1. The van der Waals surface area contributed by atoms with Crippen molar-refractivity contribution in [3.05, 3.63) is 59.9 Å². The summed E-state index contributed by atoms with van der Waals surface area (Å²) in [5, 5.41) is 0. The molecular weight excluding hydrogens is 222 g/mol. The number of anilines is 1. The van der Waals surface area contributed by atoms with Crippen LogP contribution in [0.1, 0.15) is 18.2 Å². The van der Waals surface area contributed by atoms with E-state index in [1.165, 1.54) is 5.69 Å². The van der Waals surface area contributed by atoms with Crippen LogP contribution in [0.3, 0.4) is 0 Å². The first-order valence-corrected chi connectivity index (χ1v) is 6.27. The van der Waals surface area contributed by atoms with Crippen molar-refractivity contribution < 1.29 is 0 Å². The molecule has 0 saturated heterocycles. The van der Waals surface area contributed by atoms with E-state index < -0.39 is 0 Å². The van der Waals surface area contributed by atoms with Crippen LogP contribution in [0, 0.1) is 0 Å². The monoisotopic (exact) mass is 241 g/mol. The molecule has 94 valence electrons. The summed E-state index contributed by atoms with van der Waals surface area (Å²) in [4.78, 5) is 6.66. The first-order chi connectivity index (χ1) is 8.83. The van der Waals surface area contributed by atoms with Crippen molar-refractivity contribution in [2.45, 2.75) is 20.0 Å². The zero-order valence-electron chi connectivity index (χ0n) is 10.7. The molecule has 0 aliphatic heterocycles. The lowest BCUT2D eigenvalue weighted by atomic mass is 10.2. The average molecular weight is 241 g/mol. The van der Waals surface area contributed by atoms with Gasteiger partial charge in [0.15, 0.2) is 0 Å². The van der Waals surface area contributed by atoms with E-state index in [9.17, 15) is 0 Å². The molecule has 0 saturated carbocycles. The Morgan fingerprint density at radius 2 is 2.06 bits per heavy atom. The van der Waals surface area contributed by atoms with E-state index in [1.807, 2.05) is 18.3 Å². The maximum Gasteiger partial charge on any atom is 0.0601 e. The summed E-state index contributed by atoms with van der Waals surface area (Å²) in [5.74, 6) is 0. The highest BCUT2D eigenvalue weighted by Crippen LogP contribution is 2.17. The molecule has 1 aromatic carbocycles. The van der Waals surface area contributed by atoms with Gasteiger partial charge in [-0.2, -0.15) is 0 Å². The van der Waals surface area contributed by atoms with Gasteiger partial charge in [0.1, 0.15) is 0 Å². The first kappa shape index (κ1) is 12.6. The molecule has 3 nitrogen and oxygen atoms in total. The van der Waals surface area contributed by atoms with Gasteiger partial charge in [0, 0.05) is 25.0 Å². The third-order valence-corrected chi connectivity index (χ3v) is 2.97. The zero-order chi connectivity index (χ0) is 12.8. The molecule has 2 aromatic rings. The standard InChI is InChI=1S/C15H19N3/c1-2-18(12-14-7-3-4-9-17-14)15-8-5-6-13(10-15)11-16/h3-10H,2,11-12,16H2,1H3. The predicted octanol–water partition coefficient (Wildman–Crippen LogP) is 2.57. The van der Waals surface area contributed by atoms with Crippen LogP contribution < -0.4 is 10.6 Å². The van der Waals surface area contributed by atoms with Crippen LogP contribution in [-0.2, 0) is 13.1 Å². The Morgan fingerprint density at radius 3 is 2.72 bits per heavy atom. The second-order valence-corrected chi connectivity index (χ2v) is 4.21. The number of pyridine rings is 1. The van der Waals surface area contributed by atoms with E-state index in [4.69, 9.17) is 5.73 Å². The number of hydrogen-bond donors (Lipinski definition) is 1. The minimum Gasteiger partial charge on any atom is -0.366 e. The van der Waals surface area contributed by atoms with Crippen LogP contribution in [0.2, 0.25) is 0 Å². The van der Waals surface area contributed by atoms with Gasteiger partial charge in [-0.25, -0.2) is 0 Å². The van der Waals surface area contributed by atoms with Crippen molar-refractivity contribution in [2.24, 2.45) is 5.73 Å². The third-order valence-electron chi connectivity index (χ3n) is 2.97. The van der Waals surface area contributed by atoms with Crippen molar-refractivity contribution in [1.29, 1.82) is 0 Å². The van der Waals surface area contributed by atoms with Gasteiger partial charge < -0.3 is 10.6 Å². The second kappa shape index (κ2) is 6.17. The lowest BCUT2D eigenvalue weighted by molar-refractivity contribution is 0.808. The Labute approximate surface area is 108 Å². The fraction of sp³-hybridized carbons (Fsp3) is 0.267. The van der Waals surface area contributed by atoms with Gasteiger partial charge >= 0.3 is 0 Å². The maximum atomic E-state index is 5.68. The minimum atomic E-state index is 0.578. The lowest BCUT2D eigenvalue weighted by Crippen LogP contribution is -2.22. The molecule has 1 aromatic heterocycles. The molecule has 0 amide bonds. The van der Waals surface area contributed by atoms with Gasteiger partial charge in [0.05, 0.1) is 12.2 Å². The average Bonchev–Trinajstić information content (AvgIpc) is 2.46. The molecule has 0 bridgehead atoms. The SMILES string of the molecule is CCN(Cc1ccccn1)c1cccc(CN)c1. The van der Waals surface area contributed by atoms with E-state index in [0.29, 0.717) is 6.54 Å².